The van der Waals surface area contributed by atoms with Gasteiger partial charge in [0.1, 0.15) is 5.76 Å². The molecule has 2 fully saturated rings. The van der Waals surface area contributed by atoms with Crippen molar-refractivity contribution in [3.63, 3.8) is 0 Å². The summed E-state index contributed by atoms with van der Waals surface area (Å²) < 4.78 is 5.78. The molecule has 2 aliphatic heterocycles. The Labute approximate surface area is 130 Å². The predicted molar refractivity (Wildman–Crippen MR) is 80.8 cm³/mol. The predicted octanol–water partition coefficient (Wildman–Crippen LogP) is 2.12. The van der Waals surface area contributed by atoms with Crippen molar-refractivity contribution in [2.24, 2.45) is 11.8 Å². The minimum atomic E-state index is -0.882. The number of carbonyl (C=O) groups excluding carboxylic acids is 1. The number of hydrogen-bond acceptors (Lipinski definition) is 3. The fraction of sp³-hybridized carbons (Fsp3) is 0.688. The molecule has 116 valence electrons. The lowest BCUT2D eigenvalue weighted by atomic mass is 9.63. The quantitative estimate of drug-likeness (QED) is 0.617. The molecule has 0 aromatic rings. The van der Waals surface area contributed by atoms with E-state index in [1.54, 1.807) is 0 Å². The number of allylic oxidation sites excluding steroid dienone is 1. The van der Waals surface area contributed by atoms with Crippen LogP contribution in [0.1, 0.15) is 32.6 Å². The number of amides is 1. The topological polar surface area (TPSA) is 58.6 Å². The molecule has 5 heteroatoms. The van der Waals surface area contributed by atoms with Crippen molar-refractivity contribution in [3.05, 3.63) is 24.5 Å². The van der Waals surface area contributed by atoms with Crippen molar-refractivity contribution >= 4 is 17.5 Å². The first-order chi connectivity index (χ1) is 9.97. The van der Waals surface area contributed by atoms with E-state index in [9.17, 15) is 9.90 Å². The maximum absolute atomic E-state index is 12.3. The van der Waals surface area contributed by atoms with E-state index in [-0.39, 0.29) is 17.7 Å². The number of alkyl halides is 1. The van der Waals surface area contributed by atoms with Gasteiger partial charge in [0.2, 0.25) is 5.91 Å². The number of ether oxygens (including phenoxy) is 1. The third-order valence-electron chi connectivity index (χ3n) is 5.40. The van der Waals surface area contributed by atoms with E-state index in [0.717, 1.165) is 19.3 Å². The van der Waals surface area contributed by atoms with Gasteiger partial charge in [-0.1, -0.05) is 18.7 Å². The molecule has 2 heterocycles. The average Bonchev–Trinajstić information content (AvgIpc) is 2.65. The molecule has 1 aliphatic carbocycles. The average molecular weight is 312 g/mol. The summed E-state index contributed by atoms with van der Waals surface area (Å²) in [5, 5.41) is 13.9. The molecule has 3 rings (SSSR count). The van der Waals surface area contributed by atoms with E-state index in [1.165, 1.54) is 0 Å². The summed E-state index contributed by atoms with van der Waals surface area (Å²) in [5.74, 6) is 0.424. The zero-order valence-corrected chi connectivity index (χ0v) is 13.0. The zero-order chi connectivity index (χ0) is 15.3. The first-order valence-corrected chi connectivity index (χ1v) is 8.12. The van der Waals surface area contributed by atoms with Crippen molar-refractivity contribution in [1.29, 1.82) is 0 Å². The van der Waals surface area contributed by atoms with Gasteiger partial charge in [-0.15, -0.1) is 11.6 Å². The van der Waals surface area contributed by atoms with Crippen LogP contribution in [0.3, 0.4) is 0 Å². The van der Waals surface area contributed by atoms with Gasteiger partial charge < -0.3 is 15.2 Å². The third-order valence-corrected chi connectivity index (χ3v) is 5.62. The van der Waals surface area contributed by atoms with Gasteiger partial charge in [0.25, 0.3) is 0 Å². The SMILES string of the molecule is C=C1O[C@@]2(C)[C@@H](CCCl)C(=O)NC12C(O)[C@@H]1C=CCCC1. The van der Waals surface area contributed by atoms with Crippen molar-refractivity contribution in [2.75, 3.05) is 5.88 Å². The number of aliphatic hydroxyl groups excluding tert-OH is 1. The number of aliphatic hydroxyl groups is 1. The molecule has 0 bridgehead atoms. The number of rotatable bonds is 4. The number of nitrogens with one attached hydrogen (secondary N) is 1. The number of carbonyl (C=O) groups is 1. The Morgan fingerprint density at radius 1 is 1.67 bits per heavy atom. The van der Waals surface area contributed by atoms with Crippen LogP contribution in [0.2, 0.25) is 0 Å². The monoisotopic (exact) mass is 311 g/mol. The van der Waals surface area contributed by atoms with Crippen molar-refractivity contribution < 1.29 is 14.6 Å². The second kappa shape index (κ2) is 5.03. The molecule has 1 amide bonds. The highest BCUT2D eigenvalue weighted by Gasteiger charge is 2.75. The van der Waals surface area contributed by atoms with E-state index >= 15 is 0 Å². The molecule has 0 saturated carbocycles. The van der Waals surface area contributed by atoms with Crippen LogP contribution < -0.4 is 5.32 Å². The second-order valence-corrected chi connectivity index (χ2v) is 6.81. The van der Waals surface area contributed by atoms with Crippen LogP contribution in [0.4, 0.5) is 0 Å². The molecule has 0 aromatic carbocycles. The molecular formula is C16H22ClNO3. The fourth-order valence-electron chi connectivity index (χ4n) is 4.19. The van der Waals surface area contributed by atoms with Gasteiger partial charge in [0.15, 0.2) is 11.1 Å². The summed E-state index contributed by atoms with van der Waals surface area (Å²) in [6.45, 7) is 5.79. The Hall–Kier alpha value is -1.00. The van der Waals surface area contributed by atoms with Gasteiger partial charge >= 0.3 is 0 Å². The van der Waals surface area contributed by atoms with Crippen LogP contribution in [0.15, 0.2) is 24.5 Å². The summed E-state index contributed by atoms with van der Waals surface area (Å²) in [4.78, 5) is 12.3. The van der Waals surface area contributed by atoms with Crippen LogP contribution in [0, 0.1) is 11.8 Å². The summed E-state index contributed by atoms with van der Waals surface area (Å²) in [5.41, 5.74) is -1.64. The van der Waals surface area contributed by atoms with Gasteiger partial charge in [-0.2, -0.15) is 0 Å². The van der Waals surface area contributed by atoms with E-state index in [2.05, 4.69) is 24.0 Å². The number of halogens is 1. The van der Waals surface area contributed by atoms with Gasteiger partial charge in [0.05, 0.1) is 12.0 Å². The van der Waals surface area contributed by atoms with Gasteiger partial charge in [-0.05, 0) is 32.6 Å². The highest BCUT2D eigenvalue weighted by atomic mass is 35.5. The largest absolute Gasteiger partial charge is 0.486 e. The first kappa shape index (κ1) is 14.9. The Bertz CT molecular complexity index is 506. The highest BCUT2D eigenvalue weighted by molar-refractivity contribution is 6.18. The molecule has 2 N–H and O–H groups in total. The van der Waals surface area contributed by atoms with Crippen LogP contribution >= 0.6 is 11.6 Å². The van der Waals surface area contributed by atoms with Gasteiger partial charge in [-0.3, -0.25) is 4.79 Å². The normalized spacial score (nSPS) is 42.8. The van der Waals surface area contributed by atoms with Crippen LogP contribution in [-0.4, -0.2) is 34.1 Å². The number of hydrogen-bond donors (Lipinski definition) is 2. The van der Waals surface area contributed by atoms with Gasteiger partial charge in [-0.25, -0.2) is 0 Å². The Morgan fingerprint density at radius 2 is 2.43 bits per heavy atom. The lowest BCUT2D eigenvalue weighted by molar-refractivity contribution is -0.201. The molecule has 0 spiro atoms. The zero-order valence-electron chi connectivity index (χ0n) is 12.3. The fourth-order valence-corrected chi connectivity index (χ4v) is 4.41. The van der Waals surface area contributed by atoms with Crippen LogP contribution in [0.25, 0.3) is 0 Å². The van der Waals surface area contributed by atoms with E-state index in [0.29, 0.717) is 18.1 Å². The lowest BCUT2D eigenvalue weighted by Gasteiger charge is -2.58. The molecule has 2 saturated heterocycles. The van der Waals surface area contributed by atoms with Crippen molar-refractivity contribution in [2.45, 2.75) is 49.9 Å². The minimum Gasteiger partial charge on any atom is -0.486 e. The lowest BCUT2D eigenvalue weighted by Crippen LogP contribution is -2.75. The summed E-state index contributed by atoms with van der Waals surface area (Å²) in [6.07, 6.45) is 6.98. The van der Waals surface area contributed by atoms with Crippen LogP contribution in [-0.2, 0) is 9.53 Å². The maximum Gasteiger partial charge on any atom is 0.228 e. The Kier molecular flexibility index (Phi) is 3.57. The molecule has 3 aliphatic rings. The van der Waals surface area contributed by atoms with Crippen LogP contribution in [0.5, 0.6) is 0 Å². The summed E-state index contributed by atoms with van der Waals surface area (Å²) >= 11 is 5.82. The molecule has 5 atom stereocenters. The van der Waals surface area contributed by atoms with E-state index in [1.807, 2.05) is 6.92 Å². The Balaban J connectivity index is 1.94. The molecule has 2 unspecified atom stereocenters. The second-order valence-electron chi connectivity index (χ2n) is 6.43. The molecule has 4 nitrogen and oxygen atoms in total. The first-order valence-electron chi connectivity index (χ1n) is 7.58. The summed E-state index contributed by atoms with van der Waals surface area (Å²) in [7, 11) is 0. The summed E-state index contributed by atoms with van der Waals surface area (Å²) in [6, 6.07) is 0. The van der Waals surface area contributed by atoms with Crippen molar-refractivity contribution in [1.82, 2.24) is 5.32 Å². The molecule has 0 radical (unpaired) electrons. The molecule has 21 heavy (non-hydrogen) atoms. The van der Waals surface area contributed by atoms with E-state index < -0.39 is 17.2 Å². The number of fused-ring (bicyclic) bond motifs is 1. The van der Waals surface area contributed by atoms with Gasteiger partial charge in [0, 0.05) is 11.8 Å². The third kappa shape index (κ3) is 1.82. The smallest absolute Gasteiger partial charge is 0.228 e. The van der Waals surface area contributed by atoms with Crippen molar-refractivity contribution in [3.8, 4) is 0 Å². The molecular weight excluding hydrogens is 290 g/mol. The maximum atomic E-state index is 12.3. The minimum absolute atomic E-state index is 0.0220. The Morgan fingerprint density at radius 3 is 3.00 bits per heavy atom. The highest BCUT2D eigenvalue weighted by Crippen LogP contribution is 2.57. The van der Waals surface area contributed by atoms with E-state index in [4.69, 9.17) is 16.3 Å². The standard InChI is InChI=1S/C16H22ClNO3/c1-10-16(13(19)11-6-4-3-5-7-11)15(2,21-10)12(8-9-17)14(20)18-16/h4,6,11-13,19H,1,3,5,7-9H2,2H3,(H,18,20)/t11-,12+,13?,15+,16?/m1/s1. The molecule has 0 aromatic heterocycles.